The SMILES string of the molecule is CC(C)c1cccc(C(C)C)c1N=C([P-]c1c(C(C)C)cccc1C(C)C)C(C)(C)C. The van der Waals surface area contributed by atoms with Crippen LogP contribution in [0.15, 0.2) is 41.4 Å². The Hall–Kier alpha value is -1.46. The van der Waals surface area contributed by atoms with Gasteiger partial charge in [-0.3, -0.25) is 4.99 Å². The lowest BCUT2D eigenvalue weighted by molar-refractivity contribution is 0.601. The molecule has 0 heterocycles. The van der Waals surface area contributed by atoms with E-state index in [2.05, 4.69) is 113 Å². The fourth-order valence-electron chi connectivity index (χ4n) is 3.85. The highest BCUT2D eigenvalue weighted by atomic mass is 31.1. The standard InChI is InChI=1S/C29H43NP/c1-18(2)22-14-12-15-23(19(3)4)26(22)30-28(29(9,10)11)31-27-24(20(5)6)16-13-17-25(27)21(7)8/h12-21H,1-11H3/q-1. The van der Waals surface area contributed by atoms with Crippen molar-refractivity contribution in [1.82, 2.24) is 0 Å². The van der Waals surface area contributed by atoms with Crippen molar-refractivity contribution in [3.8, 4) is 0 Å². The molecule has 0 aromatic heterocycles. The van der Waals surface area contributed by atoms with Crippen molar-refractivity contribution < 1.29 is 0 Å². The molecular formula is C29H43NP-. The number of para-hydroxylation sites is 1. The number of rotatable bonds is 7. The van der Waals surface area contributed by atoms with E-state index in [0.29, 0.717) is 23.7 Å². The van der Waals surface area contributed by atoms with E-state index in [9.17, 15) is 0 Å². The van der Waals surface area contributed by atoms with Crippen LogP contribution in [0.4, 0.5) is 5.69 Å². The zero-order chi connectivity index (χ0) is 23.5. The average Bonchev–Trinajstić information content (AvgIpc) is 2.66. The van der Waals surface area contributed by atoms with Crippen molar-refractivity contribution in [3.05, 3.63) is 58.7 Å². The van der Waals surface area contributed by atoms with Crippen molar-refractivity contribution in [2.75, 3.05) is 0 Å². The predicted molar refractivity (Wildman–Crippen MR) is 142 cm³/mol. The quantitative estimate of drug-likeness (QED) is 0.303. The molecule has 0 aliphatic rings. The fourth-order valence-corrected chi connectivity index (χ4v) is 5.47. The molecule has 0 bridgehead atoms. The maximum atomic E-state index is 5.47. The second-order valence-electron chi connectivity index (χ2n) is 11.0. The summed E-state index contributed by atoms with van der Waals surface area (Å²) in [7, 11) is 1.24. The molecule has 0 saturated carbocycles. The molecule has 0 aliphatic carbocycles. The second-order valence-corrected chi connectivity index (χ2v) is 12.1. The largest absolute Gasteiger partial charge is 0.455 e. The zero-order valence-corrected chi connectivity index (χ0v) is 22.6. The summed E-state index contributed by atoms with van der Waals surface area (Å²) in [6.07, 6.45) is 0. The molecule has 0 N–H and O–H groups in total. The normalized spacial score (nSPS) is 13.6. The van der Waals surface area contributed by atoms with E-state index in [1.54, 1.807) is 0 Å². The van der Waals surface area contributed by atoms with Gasteiger partial charge < -0.3 is 8.58 Å². The summed E-state index contributed by atoms with van der Waals surface area (Å²) in [6, 6.07) is 13.6. The van der Waals surface area contributed by atoms with Crippen LogP contribution in [0.3, 0.4) is 0 Å². The molecule has 0 atom stereocenters. The Labute approximate surface area is 194 Å². The molecule has 2 aromatic carbocycles. The van der Waals surface area contributed by atoms with Crippen molar-refractivity contribution in [2.45, 2.75) is 99.8 Å². The van der Waals surface area contributed by atoms with Crippen molar-refractivity contribution in [3.63, 3.8) is 0 Å². The van der Waals surface area contributed by atoms with Crippen LogP contribution in [0.5, 0.6) is 0 Å². The topological polar surface area (TPSA) is 12.4 Å². The van der Waals surface area contributed by atoms with E-state index in [-0.39, 0.29) is 5.41 Å². The van der Waals surface area contributed by atoms with Crippen LogP contribution in [0.2, 0.25) is 0 Å². The zero-order valence-electron chi connectivity index (χ0n) is 21.7. The van der Waals surface area contributed by atoms with E-state index in [1.165, 1.54) is 47.3 Å². The van der Waals surface area contributed by atoms with Gasteiger partial charge in [0.1, 0.15) is 0 Å². The molecule has 170 valence electrons. The first-order chi connectivity index (χ1) is 14.3. The molecule has 0 amide bonds. The summed E-state index contributed by atoms with van der Waals surface area (Å²) < 4.78 is 0. The van der Waals surface area contributed by atoms with Crippen molar-refractivity contribution in [1.29, 1.82) is 0 Å². The van der Waals surface area contributed by atoms with E-state index in [1.807, 2.05) is 0 Å². The van der Waals surface area contributed by atoms with Gasteiger partial charge in [0.25, 0.3) is 0 Å². The third-order valence-electron chi connectivity index (χ3n) is 5.79. The Morgan fingerprint density at radius 3 is 1.32 bits per heavy atom. The Morgan fingerprint density at radius 1 is 0.645 bits per heavy atom. The maximum absolute atomic E-state index is 5.47. The molecule has 2 heteroatoms. The molecule has 0 spiro atoms. The van der Waals surface area contributed by atoms with Crippen molar-refractivity contribution >= 4 is 25.0 Å². The van der Waals surface area contributed by atoms with Crippen molar-refractivity contribution in [2.24, 2.45) is 10.4 Å². The number of hydrogen-bond donors (Lipinski definition) is 0. The summed E-state index contributed by atoms with van der Waals surface area (Å²) in [5.74, 6) is 1.89. The molecule has 0 aliphatic heterocycles. The Kier molecular flexibility index (Phi) is 8.69. The Morgan fingerprint density at radius 2 is 1.00 bits per heavy atom. The molecule has 1 nitrogen and oxygen atoms in total. The summed E-state index contributed by atoms with van der Waals surface area (Å²) >= 11 is 0. The minimum atomic E-state index is -0.0156. The van der Waals surface area contributed by atoms with Gasteiger partial charge >= 0.3 is 0 Å². The van der Waals surface area contributed by atoms with Crippen LogP contribution in [-0.4, -0.2) is 5.45 Å². The van der Waals surface area contributed by atoms with E-state index in [4.69, 9.17) is 4.99 Å². The van der Waals surface area contributed by atoms with Gasteiger partial charge in [-0.1, -0.05) is 124 Å². The summed E-state index contributed by atoms with van der Waals surface area (Å²) in [6.45, 7) is 25.2. The molecule has 2 aromatic rings. The van der Waals surface area contributed by atoms with Gasteiger partial charge in [-0.15, -0.1) is 5.45 Å². The number of benzene rings is 2. The Balaban J connectivity index is 2.76. The molecule has 31 heavy (non-hydrogen) atoms. The minimum Gasteiger partial charge on any atom is -0.455 e. The Bertz CT molecular complexity index is 858. The van der Waals surface area contributed by atoms with E-state index >= 15 is 0 Å². The van der Waals surface area contributed by atoms with Gasteiger partial charge in [-0.25, -0.2) is 0 Å². The van der Waals surface area contributed by atoms with Crippen LogP contribution >= 0.6 is 8.58 Å². The smallest absolute Gasteiger partial charge is 0.0667 e. The van der Waals surface area contributed by atoms with Gasteiger partial charge in [0.05, 0.1) is 5.69 Å². The summed E-state index contributed by atoms with van der Waals surface area (Å²) in [4.78, 5) is 5.47. The van der Waals surface area contributed by atoms with Crippen LogP contribution in [-0.2, 0) is 0 Å². The van der Waals surface area contributed by atoms with Crippen LogP contribution in [0, 0.1) is 5.41 Å². The van der Waals surface area contributed by atoms with Crippen LogP contribution in [0.25, 0.3) is 0 Å². The van der Waals surface area contributed by atoms with Gasteiger partial charge in [0, 0.05) is 0 Å². The highest BCUT2D eigenvalue weighted by Gasteiger charge is 2.18. The van der Waals surface area contributed by atoms with Gasteiger partial charge in [-0.05, 0) is 40.2 Å². The first-order valence-electron chi connectivity index (χ1n) is 11.9. The number of nitrogens with zero attached hydrogens (tertiary/aromatic N) is 1. The number of hydrogen-bond acceptors (Lipinski definition) is 1. The van der Waals surface area contributed by atoms with Gasteiger partial charge in [0.15, 0.2) is 0 Å². The molecule has 0 saturated heterocycles. The molecular weight excluding hydrogens is 393 g/mol. The minimum absolute atomic E-state index is 0.0156. The van der Waals surface area contributed by atoms with Crippen LogP contribution < -0.4 is 5.30 Å². The average molecular weight is 437 g/mol. The van der Waals surface area contributed by atoms with E-state index < -0.39 is 0 Å². The molecule has 0 radical (unpaired) electrons. The first kappa shape index (κ1) is 25.8. The third-order valence-corrected chi connectivity index (χ3v) is 7.51. The van der Waals surface area contributed by atoms with Gasteiger partial charge in [0.2, 0.25) is 0 Å². The summed E-state index contributed by atoms with van der Waals surface area (Å²) in [5, 5.41) is 1.45. The lowest BCUT2D eigenvalue weighted by Crippen LogP contribution is -2.22. The molecule has 0 unspecified atom stereocenters. The highest BCUT2D eigenvalue weighted by Crippen LogP contribution is 2.40. The molecule has 2 rings (SSSR count). The highest BCUT2D eigenvalue weighted by molar-refractivity contribution is 7.66. The lowest BCUT2D eigenvalue weighted by atomic mass is 9.92. The van der Waals surface area contributed by atoms with E-state index in [0.717, 1.165) is 0 Å². The lowest BCUT2D eigenvalue weighted by Gasteiger charge is -2.38. The summed E-state index contributed by atoms with van der Waals surface area (Å²) in [5.41, 5.74) is 8.03. The second kappa shape index (κ2) is 10.4. The predicted octanol–water partition coefficient (Wildman–Crippen LogP) is 9.53. The fraction of sp³-hybridized carbons (Fsp3) is 0.552. The van der Waals surface area contributed by atoms with Gasteiger partial charge in [-0.2, -0.15) is 5.30 Å². The van der Waals surface area contributed by atoms with Crippen LogP contribution in [0.1, 0.15) is 122 Å². The first-order valence-corrected chi connectivity index (χ1v) is 12.8. The monoisotopic (exact) mass is 436 g/mol. The number of aliphatic imine (C=N–C) groups is 1. The molecule has 0 fully saturated rings. The third kappa shape index (κ3) is 6.29. The maximum Gasteiger partial charge on any atom is 0.0667 e.